The van der Waals surface area contributed by atoms with Gasteiger partial charge in [0.25, 0.3) is 5.91 Å². The van der Waals surface area contributed by atoms with Gasteiger partial charge in [0.05, 0.1) is 6.54 Å². The highest BCUT2D eigenvalue weighted by molar-refractivity contribution is 5.92. The van der Waals surface area contributed by atoms with Gasteiger partial charge in [0.15, 0.2) is 5.69 Å². The third-order valence-corrected chi connectivity index (χ3v) is 6.94. The maximum atomic E-state index is 13.4. The van der Waals surface area contributed by atoms with Gasteiger partial charge in [-0.2, -0.15) is 0 Å². The van der Waals surface area contributed by atoms with Gasteiger partial charge in [-0.05, 0) is 61.4 Å². The molecule has 0 radical (unpaired) electrons. The normalized spacial score (nSPS) is 17.6. The standard InChI is InChI=1S/C28H32FN5O2.ClH/c29-21-7-5-19(6-8-21)16-34(14-13-20-15-31-25-4-2-1-3-24(20)25)17-27-33-26(18-36-27)28(35)32-23-11-9-22(30)10-12-23;/h1-8,15,18,22-23,31H,9-14,16-17,30H2,(H,32,35);1H. The number of rotatable bonds is 9. The summed E-state index contributed by atoms with van der Waals surface area (Å²) in [5, 5.41) is 4.27. The van der Waals surface area contributed by atoms with Crippen molar-refractivity contribution in [1.82, 2.24) is 20.2 Å². The number of halogens is 2. The summed E-state index contributed by atoms with van der Waals surface area (Å²) in [7, 11) is 0. The minimum atomic E-state index is -0.257. The quantitative estimate of drug-likeness (QED) is 0.287. The number of nitrogens with two attached hydrogens (primary N) is 1. The lowest BCUT2D eigenvalue weighted by Gasteiger charge is -2.26. The van der Waals surface area contributed by atoms with Crippen molar-refractivity contribution < 1.29 is 13.6 Å². The fourth-order valence-corrected chi connectivity index (χ4v) is 4.88. The fourth-order valence-electron chi connectivity index (χ4n) is 4.88. The Morgan fingerprint density at radius 1 is 1.11 bits per heavy atom. The molecule has 1 aliphatic rings. The van der Waals surface area contributed by atoms with E-state index in [1.807, 2.05) is 18.3 Å². The Balaban J connectivity index is 0.00000320. The van der Waals surface area contributed by atoms with Crippen LogP contribution in [-0.4, -0.2) is 39.4 Å². The minimum Gasteiger partial charge on any atom is -0.447 e. The first-order valence-corrected chi connectivity index (χ1v) is 12.6. The van der Waals surface area contributed by atoms with E-state index in [4.69, 9.17) is 10.2 Å². The van der Waals surface area contributed by atoms with Gasteiger partial charge >= 0.3 is 0 Å². The highest BCUT2D eigenvalue weighted by Crippen LogP contribution is 2.20. The van der Waals surface area contributed by atoms with Crippen LogP contribution in [0.1, 0.15) is 53.2 Å². The van der Waals surface area contributed by atoms with Crippen LogP contribution < -0.4 is 11.1 Å². The lowest BCUT2D eigenvalue weighted by atomic mass is 9.92. The summed E-state index contributed by atoms with van der Waals surface area (Å²) in [5.74, 6) is 0.00796. The van der Waals surface area contributed by atoms with Crippen molar-refractivity contribution in [2.24, 2.45) is 5.73 Å². The number of nitrogens with zero attached hydrogens (tertiary/aromatic N) is 2. The zero-order valence-corrected chi connectivity index (χ0v) is 21.5. The van der Waals surface area contributed by atoms with Gasteiger partial charge in [-0.15, -0.1) is 12.4 Å². The fraction of sp³-hybridized carbons (Fsp3) is 0.357. The predicted octanol–water partition coefficient (Wildman–Crippen LogP) is 4.96. The summed E-state index contributed by atoms with van der Waals surface area (Å²) in [6, 6.07) is 15.1. The maximum absolute atomic E-state index is 13.4. The molecular weight excluding hydrogens is 493 g/mol. The van der Waals surface area contributed by atoms with Gasteiger partial charge in [0, 0.05) is 42.3 Å². The zero-order chi connectivity index (χ0) is 24.9. The van der Waals surface area contributed by atoms with E-state index in [0.29, 0.717) is 24.7 Å². The molecule has 7 nitrogen and oxygen atoms in total. The SMILES string of the molecule is Cl.NC1CCC(NC(=O)c2coc(CN(CCc3c[nH]c4ccccc34)Cc3ccc(F)cc3)n2)CC1. The molecule has 2 heterocycles. The lowest BCUT2D eigenvalue weighted by molar-refractivity contribution is 0.0920. The molecule has 4 N–H and O–H groups in total. The number of carbonyl (C=O) groups excluding carboxylic acids is 1. The van der Waals surface area contributed by atoms with E-state index in [9.17, 15) is 9.18 Å². The molecular formula is C28H33ClFN5O2. The Morgan fingerprint density at radius 2 is 1.86 bits per heavy atom. The molecule has 0 saturated heterocycles. The van der Waals surface area contributed by atoms with E-state index in [1.165, 1.54) is 29.3 Å². The summed E-state index contributed by atoms with van der Waals surface area (Å²) in [6.07, 6.45) is 7.91. The number of fused-ring (bicyclic) bond motifs is 1. The van der Waals surface area contributed by atoms with Gasteiger partial charge in [-0.25, -0.2) is 9.37 Å². The lowest BCUT2D eigenvalue weighted by Crippen LogP contribution is -2.40. The van der Waals surface area contributed by atoms with Gasteiger partial charge in [-0.3, -0.25) is 9.69 Å². The largest absolute Gasteiger partial charge is 0.447 e. The van der Waals surface area contributed by atoms with Crippen LogP contribution in [0.3, 0.4) is 0 Å². The molecule has 1 amide bonds. The van der Waals surface area contributed by atoms with E-state index in [-0.39, 0.29) is 36.2 Å². The van der Waals surface area contributed by atoms with Crippen molar-refractivity contribution in [1.29, 1.82) is 0 Å². The van der Waals surface area contributed by atoms with Crippen molar-refractivity contribution in [2.45, 2.75) is 57.3 Å². The molecule has 0 spiro atoms. The number of carbonyl (C=O) groups is 1. The average Bonchev–Trinajstić information content (AvgIpc) is 3.52. The van der Waals surface area contributed by atoms with E-state index in [0.717, 1.165) is 49.7 Å². The monoisotopic (exact) mass is 525 g/mol. The summed E-state index contributed by atoms with van der Waals surface area (Å²) in [5.41, 5.74) is 9.60. The minimum absolute atomic E-state index is 0. The Kier molecular flexibility index (Phi) is 8.97. The van der Waals surface area contributed by atoms with Gasteiger partial charge in [0.1, 0.15) is 12.1 Å². The summed E-state index contributed by atoms with van der Waals surface area (Å²) in [6.45, 7) is 1.78. The maximum Gasteiger partial charge on any atom is 0.273 e. The van der Waals surface area contributed by atoms with E-state index < -0.39 is 0 Å². The van der Waals surface area contributed by atoms with Crippen LogP contribution >= 0.6 is 12.4 Å². The number of nitrogens with one attached hydrogen (secondary N) is 2. The average molecular weight is 526 g/mol. The first-order chi connectivity index (χ1) is 17.5. The number of aromatic nitrogens is 2. The van der Waals surface area contributed by atoms with Crippen LogP contribution in [0.25, 0.3) is 10.9 Å². The smallest absolute Gasteiger partial charge is 0.273 e. The highest BCUT2D eigenvalue weighted by Gasteiger charge is 2.22. The van der Waals surface area contributed by atoms with Crippen LogP contribution in [-0.2, 0) is 19.5 Å². The molecule has 196 valence electrons. The Labute approximate surface area is 222 Å². The number of hydrogen-bond donors (Lipinski definition) is 3. The summed E-state index contributed by atoms with van der Waals surface area (Å²) in [4.78, 5) is 22.7. The second-order valence-corrected chi connectivity index (χ2v) is 9.66. The molecule has 0 aliphatic heterocycles. The van der Waals surface area contributed by atoms with Crippen molar-refractivity contribution in [2.75, 3.05) is 6.54 Å². The number of para-hydroxylation sites is 1. The number of hydrogen-bond acceptors (Lipinski definition) is 5. The second-order valence-electron chi connectivity index (χ2n) is 9.66. The van der Waals surface area contributed by atoms with Crippen LogP contribution in [0, 0.1) is 5.82 Å². The molecule has 9 heteroatoms. The van der Waals surface area contributed by atoms with Gasteiger partial charge in [0.2, 0.25) is 5.89 Å². The van der Waals surface area contributed by atoms with Crippen LogP contribution in [0.2, 0.25) is 0 Å². The Bertz CT molecular complexity index is 1300. The van der Waals surface area contributed by atoms with Crippen molar-refractivity contribution >= 4 is 29.2 Å². The molecule has 0 bridgehead atoms. The van der Waals surface area contributed by atoms with E-state index in [1.54, 1.807) is 12.1 Å². The van der Waals surface area contributed by atoms with Crippen LogP contribution in [0.15, 0.2) is 65.4 Å². The van der Waals surface area contributed by atoms with E-state index >= 15 is 0 Å². The molecule has 0 atom stereocenters. The third kappa shape index (κ3) is 6.97. The molecule has 4 aromatic rings. The molecule has 2 aromatic heterocycles. The Hall–Kier alpha value is -3.20. The molecule has 5 rings (SSSR count). The number of aromatic amines is 1. The molecule has 1 saturated carbocycles. The topological polar surface area (TPSA) is 100 Å². The van der Waals surface area contributed by atoms with Crippen LogP contribution in [0.4, 0.5) is 4.39 Å². The third-order valence-electron chi connectivity index (χ3n) is 6.94. The first kappa shape index (κ1) is 26.9. The van der Waals surface area contributed by atoms with Crippen molar-refractivity contribution in [3.05, 3.63) is 89.5 Å². The summed E-state index contributed by atoms with van der Waals surface area (Å²) < 4.78 is 19.1. The van der Waals surface area contributed by atoms with Crippen molar-refractivity contribution in [3.63, 3.8) is 0 Å². The van der Waals surface area contributed by atoms with E-state index in [2.05, 4.69) is 32.3 Å². The highest BCUT2D eigenvalue weighted by atomic mass is 35.5. The van der Waals surface area contributed by atoms with Crippen LogP contribution in [0.5, 0.6) is 0 Å². The zero-order valence-electron chi connectivity index (χ0n) is 20.7. The second kappa shape index (κ2) is 12.4. The number of amides is 1. The molecule has 1 aliphatic carbocycles. The predicted molar refractivity (Wildman–Crippen MR) is 144 cm³/mol. The number of benzene rings is 2. The Morgan fingerprint density at radius 3 is 2.65 bits per heavy atom. The molecule has 37 heavy (non-hydrogen) atoms. The van der Waals surface area contributed by atoms with Gasteiger partial charge < -0.3 is 20.5 Å². The first-order valence-electron chi connectivity index (χ1n) is 12.6. The van der Waals surface area contributed by atoms with Gasteiger partial charge in [-0.1, -0.05) is 30.3 Å². The number of oxazole rings is 1. The van der Waals surface area contributed by atoms with Crippen molar-refractivity contribution in [3.8, 4) is 0 Å². The summed E-state index contributed by atoms with van der Waals surface area (Å²) >= 11 is 0. The molecule has 1 fully saturated rings. The molecule has 0 unspecified atom stereocenters. The number of H-pyrrole nitrogens is 1. The molecule has 2 aromatic carbocycles.